The maximum atomic E-state index is 12.2. The highest BCUT2D eigenvalue weighted by atomic mass is 16.5. The second-order valence-corrected chi connectivity index (χ2v) is 9.76. The average Bonchev–Trinajstić information content (AvgIpc) is 3.40. The predicted molar refractivity (Wildman–Crippen MR) is 145 cm³/mol. The second kappa shape index (κ2) is 10.9. The first-order chi connectivity index (χ1) is 18.2. The van der Waals surface area contributed by atoms with Crippen molar-refractivity contribution in [3.05, 3.63) is 70.7 Å². The van der Waals surface area contributed by atoms with Crippen molar-refractivity contribution in [1.82, 2.24) is 20.2 Å². The van der Waals surface area contributed by atoms with Crippen molar-refractivity contribution >= 4 is 23.7 Å². The number of H-pyrrole nitrogens is 1. The number of fused-ring (bicyclic) bond motifs is 1. The number of nitrogens with one attached hydrogen (secondary N) is 2. The van der Waals surface area contributed by atoms with Gasteiger partial charge >= 0.3 is 0 Å². The second-order valence-electron chi connectivity index (χ2n) is 9.76. The van der Waals surface area contributed by atoms with Crippen molar-refractivity contribution in [3.8, 4) is 11.3 Å². The van der Waals surface area contributed by atoms with E-state index in [4.69, 9.17) is 9.47 Å². The number of carbonyl (C=O) groups excluding carboxylic acids is 1. The number of morpholine rings is 2. The Hall–Kier alpha value is -3.46. The Morgan fingerprint density at radius 2 is 1.76 bits per heavy atom. The summed E-state index contributed by atoms with van der Waals surface area (Å²) in [5, 5.41) is 2.91. The lowest BCUT2D eigenvalue weighted by atomic mass is 10.0. The molecule has 2 saturated heterocycles. The van der Waals surface area contributed by atoms with E-state index in [9.17, 15) is 4.79 Å². The summed E-state index contributed by atoms with van der Waals surface area (Å²) < 4.78 is 11.1. The molecule has 0 aliphatic carbocycles. The van der Waals surface area contributed by atoms with E-state index in [1.807, 2.05) is 18.3 Å². The fraction of sp³-hybridized carbons (Fsp3) is 0.379. The van der Waals surface area contributed by atoms with Gasteiger partial charge in [-0.25, -0.2) is 0 Å². The minimum absolute atomic E-state index is 0.00867. The van der Waals surface area contributed by atoms with Crippen molar-refractivity contribution < 1.29 is 14.3 Å². The first kappa shape index (κ1) is 23.9. The number of benzene rings is 1. The van der Waals surface area contributed by atoms with Crippen molar-refractivity contribution in [2.45, 2.75) is 13.0 Å². The number of pyridine rings is 1. The van der Waals surface area contributed by atoms with E-state index in [-0.39, 0.29) is 5.91 Å². The Morgan fingerprint density at radius 1 is 0.946 bits per heavy atom. The summed E-state index contributed by atoms with van der Waals surface area (Å²) in [5.74, 6) is -0.00867. The minimum Gasteiger partial charge on any atom is -0.379 e. The van der Waals surface area contributed by atoms with Crippen LogP contribution in [0.4, 0.5) is 5.69 Å². The van der Waals surface area contributed by atoms with Gasteiger partial charge in [-0.1, -0.05) is 18.2 Å². The number of carbonyl (C=O) groups is 1. The first-order valence-corrected chi connectivity index (χ1v) is 13.1. The first-order valence-electron chi connectivity index (χ1n) is 13.1. The van der Waals surface area contributed by atoms with Gasteiger partial charge in [0.05, 0.1) is 37.7 Å². The Kier molecular flexibility index (Phi) is 7.03. The third kappa shape index (κ3) is 5.46. The van der Waals surface area contributed by atoms with E-state index in [1.165, 1.54) is 16.8 Å². The molecule has 0 atom stereocenters. The molecule has 0 radical (unpaired) electrons. The molecule has 5 heterocycles. The van der Waals surface area contributed by atoms with Crippen LogP contribution in [-0.4, -0.2) is 79.9 Å². The molecule has 1 amide bonds. The van der Waals surface area contributed by atoms with E-state index in [0.29, 0.717) is 6.54 Å². The molecule has 2 N–H and O–H groups in total. The maximum Gasteiger partial charge on any atom is 0.253 e. The summed E-state index contributed by atoms with van der Waals surface area (Å²) in [7, 11) is 0. The van der Waals surface area contributed by atoms with E-state index < -0.39 is 0 Å². The molecule has 3 aliphatic rings. The number of aromatic amines is 1. The molecular formula is C29H33N5O3. The molecule has 192 valence electrons. The molecule has 8 nitrogen and oxygen atoms in total. The van der Waals surface area contributed by atoms with Gasteiger partial charge in [0, 0.05) is 74.5 Å². The molecule has 3 aromatic rings. The lowest BCUT2D eigenvalue weighted by molar-refractivity contribution is 0.0342. The van der Waals surface area contributed by atoms with Gasteiger partial charge in [-0.05, 0) is 41.5 Å². The van der Waals surface area contributed by atoms with Crippen molar-refractivity contribution in [3.63, 3.8) is 0 Å². The fourth-order valence-electron chi connectivity index (χ4n) is 5.26. The zero-order chi connectivity index (χ0) is 25.0. The highest BCUT2D eigenvalue weighted by molar-refractivity contribution is 5.97. The number of rotatable bonds is 6. The van der Waals surface area contributed by atoms with Crippen molar-refractivity contribution in [1.29, 1.82) is 0 Å². The summed E-state index contributed by atoms with van der Waals surface area (Å²) in [6.07, 6.45) is 6.87. The number of aromatic nitrogens is 2. The van der Waals surface area contributed by atoms with Gasteiger partial charge < -0.3 is 24.7 Å². The van der Waals surface area contributed by atoms with Crippen LogP contribution < -0.4 is 10.2 Å². The third-order valence-electron chi connectivity index (χ3n) is 7.29. The minimum atomic E-state index is -0.00867. The van der Waals surface area contributed by atoms with Crippen LogP contribution in [0, 0.1) is 0 Å². The van der Waals surface area contributed by atoms with Crippen LogP contribution in [-0.2, 0) is 22.4 Å². The standard InChI is InChI=1S/C29H33N5O3/c35-29-25-19-27(32-26(25)6-8-31-29)23-5-7-30-24(18-23)4-3-22-2-1-21(20-33-9-13-36-14-10-33)17-28(22)34-11-15-37-16-12-34/h1-5,7,17-19,32H,6,8-16,20H2,(H,31,35)/b4-3+. The van der Waals surface area contributed by atoms with Gasteiger partial charge in [0.1, 0.15) is 0 Å². The molecule has 3 aliphatic heterocycles. The van der Waals surface area contributed by atoms with Crippen molar-refractivity contribution in [2.75, 3.05) is 64.1 Å². The number of anilines is 1. The van der Waals surface area contributed by atoms with E-state index in [0.717, 1.165) is 93.8 Å². The summed E-state index contributed by atoms with van der Waals surface area (Å²) in [6, 6.07) is 12.8. The van der Waals surface area contributed by atoms with E-state index >= 15 is 0 Å². The molecule has 0 bridgehead atoms. The lowest BCUT2D eigenvalue weighted by Gasteiger charge is -2.31. The van der Waals surface area contributed by atoms with Crippen LogP contribution in [0.15, 0.2) is 42.6 Å². The molecule has 1 aromatic carbocycles. The van der Waals surface area contributed by atoms with Crippen LogP contribution in [0.2, 0.25) is 0 Å². The Morgan fingerprint density at radius 3 is 2.57 bits per heavy atom. The number of hydrogen-bond acceptors (Lipinski definition) is 6. The van der Waals surface area contributed by atoms with E-state index in [2.05, 4.69) is 61.5 Å². The molecular weight excluding hydrogens is 466 g/mol. The Bertz CT molecular complexity index is 1290. The molecule has 0 spiro atoms. The summed E-state index contributed by atoms with van der Waals surface area (Å²) >= 11 is 0. The topological polar surface area (TPSA) is 82.7 Å². The van der Waals surface area contributed by atoms with Crippen LogP contribution in [0.3, 0.4) is 0 Å². The molecule has 2 fully saturated rings. The SMILES string of the molecule is O=C1NCCc2[nH]c(-c3ccnc(/C=C/c4ccc(CN5CCOCC5)cc4N4CCOCC4)c3)cc21. The monoisotopic (exact) mass is 499 g/mol. The van der Waals surface area contributed by atoms with Gasteiger partial charge in [-0.15, -0.1) is 0 Å². The molecule has 0 unspecified atom stereocenters. The molecule has 37 heavy (non-hydrogen) atoms. The lowest BCUT2D eigenvalue weighted by Crippen LogP contribution is -2.37. The van der Waals surface area contributed by atoms with Gasteiger partial charge in [-0.3, -0.25) is 14.7 Å². The zero-order valence-electron chi connectivity index (χ0n) is 21.0. The Balaban J connectivity index is 1.25. The number of hydrogen-bond donors (Lipinski definition) is 2. The fourth-order valence-corrected chi connectivity index (χ4v) is 5.26. The summed E-state index contributed by atoms with van der Waals surface area (Å²) in [4.78, 5) is 25.1. The third-order valence-corrected chi connectivity index (χ3v) is 7.29. The van der Waals surface area contributed by atoms with Crippen LogP contribution in [0.1, 0.15) is 32.9 Å². The van der Waals surface area contributed by atoms with Gasteiger partial charge in [0.2, 0.25) is 0 Å². The van der Waals surface area contributed by atoms with Gasteiger partial charge in [0.15, 0.2) is 0 Å². The molecule has 6 rings (SSSR count). The average molecular weight is 500 g/mol. The van der Waals surface area contributed by atoms with Gasteiger partial charge in [-0.2, -0.15) is 0 Å². The summed E-state index contributed by atoms with van der Waals surface area (Å²) in [6.45, 7) is 8.46. The maximum absolute atomic E-state index is 12.2. The smallest absolute Gasteiger partial charge is 0.253 e. The van der Waals surface area contributed by atoms with Gasteiger partial charge in [0.25, 0.3) is 5.91 Å². The number of amides is 1. The molecule has 2 aromatic heterocycles. The van der Waals surface area contributed by atoms with E-state index in [1.54, 1.807) is 0 Å². The van der Waals surface area contributed by atoms with Crippen LogP contribution in [0.25, 0.3) is 23.4 Å². The molecule has 0 saturated carbocycles. The number of nitrogens with zero attached hydrogens (tertiary/aromatic N) is 3. The predicted octanol–water partition coefficient (Wildman–Crippen LogP) is 3.20. The van der Waals surface area contributed by atoms with Crippen molar-refractivity contribution in [2.24, 2.45) is 0 Å². The quantitative estimate of drug-likeness (QED) is 0.542. The highest BCUT2D eigenvalue weighted by Crippen LogP contribution is 2.28. The highest BCUT2D eigenvalue weighted by Gasteiger charge is 2.20. The van der Waals surface area contributed by atoms with Crippen LogP contribution in [0.5, 0.6) is 0 Å². The molecule has 8 heteroatoms. The normalized spacial score (nSPS) is 18.7. The largest absolute Gasteiger partial charge is 0.379 e. The number of ether oxygens (including phenoxy) is 2. The zero-order valence-corrected chi connectivity index (χ0v) is 21.0. The van der Waals surface area contributed by atoms with Crippen LogP contribution >= 0.6 is 0 Å². The Labute approximate surface area is 217 Å². The summed E-state index contributed by atoms with van der Waals surface area (Å²) in [5.41, 5.74) is 8.31.